The number of rotatable bonds is 8. The van der Waals surface area contributed by atoms with E-state index in [0.29, 0.717) is 5.56 Å². The Labute approximate surface area is 202 Å². The largest absolute Gasteiger partial charge is 0.508 e. The number of aromatic hydroxyl groups is 1. The summed E-state index contributed by atoms with van der Waals surface area (Å²) in [6, 6.07) is 12.7. The number of benzene rings is 2. The molecule has 2 aromatic heterocycles. The molecule has 182 valence electrons. The first-order valence-electron chi connectivity index (χ1n) is 11.3. The SMILES string of the molecule is COC(=O)c1nc([C@@H](NC(=O)[C@@H](N)Cc2ccc(O)cc2)C(C)C)oc1-c1c[nH]c2ccccc12. The number of phenols is 1. The number of aromatic amines is 1. The second-order valence-corrected chi connectivity index (χ2v) is 8.68. The van der Waals surface area contributed by atoms with Gasteiger partial charge in [-0.3, -0.25) is 4.79 Å². The number of aromatic nitrogens is 2. The molecule has 9 nitrogen and oxygen atoms in total. The summed E-state index contributed by atoms with van der Waals surface area (Å²) in [7, 11) is 1.28. The highest BCUT2D eigenvalue weighted by atomic mass is 16.5. The number of phenolic OH excluding ortho intramolecular Hbond substituents is 1. The molecule has 4 rings (SSSR count). The van der Waals surface area contributed by atoms with Crippen LogP contribution in [0, 0.1) is 5.92 Å². The fraction of sp³-hybridized carbons (Fsp3) is 0.269. The lowest BCUT2D eigenvalue weighted by Gasteiger charge is -2.21. The van der Waals surface area contributed by atoms with Crippen molar-refractivity contribution < 1.29 is 23.8 Å². The van der Waals surface area contributed by atoms with Crippen LogP contribution in [0.25, 0.3) is 22.2 Å². The molecule has 2 aromatic carbocycles. The number of nitrogens with two attached hydrogens (primary N) is 1. The molecule has 0 aliphatic heterocycles. The van der Waals surface area contributed by atoms with Crippen LogP contribution in [0.1, 0.15) is 41.8 Å². The van der Waals surface area contributed by atoms with Gasteiger partial charge in [-0.25, -0.2) is 9.78 Å². The van der Waals surface area contributed by atoms with E-state index in [4.69, 9.17) is 14.9 Å². The van der Waals surface area contributed by atoms with E-state index in [1.807, 2.05) is 38.1 Å². The van der Waals surface area contributed by atoms with E-state index < -0.39 is 18.1 Å². The summed E-state index contributed by atoms with van der Waals surface area (Å²) in [6.07, 6.45) is 2.04. The number of esters is 1. The number of hydrogen-bond donors (Lipinski definition) is 4. The van der Waals surface area contributed by atoms with E-state index in [-0.39, 0.29) is 41.3 Å². The van der Waals surface area contributed by atoms with Gasteiger partial charge < -0.3 is 30.3 Å². The van der Waals surface area contributed by atoms with Gasteiger partial charge in [0.25, 0.3) is 0 Å². The minimum Gasteiger partial charge on any atom is -0.508 e. The lowest BCUT2D eigenvalue weighted by Crippen LogP contribution is -2.44. The number of hydrogen-bond acceptors (Lipinski definition) is 7. The fourth-order valence-electron chi connectivity index (χ4n) is 3.90. The highest BCUT2D eigenvalue weighted by molar-refractivity contribution is 6.01. The molecule has 0 bridgehead atoms. The predicted molar refractivity (Wildman–Crippen MR) is 131 cm³/mol. The molecule has 0 saturated carbocycles. The summed E-state index contributed by atoms with van der Waals surface area (Å²) < 4.78 is 11.0. The molecule has 0 fully saturated rings. The van der Waals surface area contributed by atoms with Gasteiger partial charge in [0.05, 0.1) is 13.2 Å². The molecular formula is C26H28N4O5. The van der Waals surface area contributed by atoms with Crippen LogP contribution in [0.15, 0.2) is 59.1 Å². The Hall–Kier alpha value is -4.11. The summed E-state index contributed by atoms with van der Waals surface area (Å²) in [6.45, 7) is 3.81. The number of ether oxygens (including phenoxy) is 1. The molecule has 0 saturated heterocycles. The van der Waals surface area contributed by atoms with E-state index in [9.17, 15) is 14.7 Å². The van der Waals surface area contributed by atoms with Gasteiger partial charge in [0.15, 0.2) is 11.5 Å². The molecule has 35 heavy (non-hydrogen) atoms. The summed E-state index contributed by atoms with van der Waals surface area (Å²) in [5.41, 5.74) is 8.54. The van der Waals surface area contributed by atoms with Gasteiger partial charge >= 0.3 is 5.97 Å². The minimum atomic E-state index is -0.830. The van der Waals surface area contributed by atoms with E-state index in [2.05, 4.69) is 15.3 Å². The first kappa shape index (κ1) is 24.0. The Morgan fingerprint density at radius 2 is 1.89 bits per heavy atom. The van der Waals surface area contributed by atoms with Crippen molar-refractivity contribution in [3.05, 3.63) is 71.9 Å². The number of fused-ring (bicyclic) bond motifs is 1. The second kappa shape index (κ2) is 10.0. The van der Waals surface area contributed by atoms with Gasteiger partial charge in [-0.2, -0.15) is 0 Å². The van der Waals surface area contributed by atoms with Gasteiger partial charge in [-0.05, 0) is 36.1 Å². The van der Waals surface area contributed by atoms with Crippen LogP contribution in [-0.4, -0.2) is 40.1 Å². The Balaban J connectivity index is 1.63. The molecule has 0 unspecified atom stereocenters. The summed E-state index contributed by atoms with van der Waals surface area (Å²) in [5, 5.41) is 13.2. The second-order valence-electron chi connectivity index (χ2n) is 8.68. The number of para-hydroxylation sites is 1. The van der Waals surface area contributed by atoms with Crippen molar-refractivity contribution in [1.29, 1.82) is 0 Å². The lowest BCUT2D eigenvalue weighted by molar-refractivity contribution is -0.123. The van der Waals surface area contributed by atoms with E-state index in [0.717, 1.165) is 16.5 Å². The molecule has 5 N–H and O–H groups in total. The predicted octanol–water partition coefficient (Wildman–Crippen LogP) is 3.70. The molecule has 2 atom stereocenters. The summed E-state index contributed by atoms with van der Waals surface area (Å²) in [5.74, 6) is -0.549. The van der Waals surface area contributed by atoms with Crippen LogP contribution in [0.4, 0.5) is 0 Å². The topological polar surface area (TPSA) is 143 Å². The molecule has 4 aromatic rings. The van der Waals surface area contributed by atoms with Crippen LogP contribution in [0.3, 0.4) is 0 Å². The Morgan fingerprint density at radius 3 is 2.57 bits per heavy atom. The Kier molecular flexibility index (Phi) is 6.88. The number of methoxy groups -OCH3 is 1. The zero-order valence-electron chi connectivity index (χ0n) is 19.7. The van der Waals surface area contributed by atoms with Gasteiger partial charge in [0.1, 0.15) is 11.8 Å². The first-order valence-corrected chi connectivity index (χ1v) is 11.3. The zero-order chi connectivity index (χ0) is 25.1. The average molecular weight is 477 g/mol. The number of carbonyl (C=O) groups excluding carboxylic acids is 2. The first-order chi connectivity index (χ1) is 16.8. The van der Waals surface area contributed by atoms with Crippen LogP contribution < -0.4 is 11.1 Å². The van der Waals surface area contributed by atoms with E-state index in [1.165, 1.54) is 7.11 Å². The fourth-order valence-corrected chi connectivity index (χ4v) is 3.90. The highest BCUT2D eigenvalue weighted by Gasteiger charge is 2.31. The van der Waals surface area contributed by atoms with E-state index in [1.54, 1.807) is 30.5 Å². The van der Waals surface area contributed by atoms with Crippen LogP contribution in [0.2, 0.25) is 0 Å². The minimum absolute atomic E-state index is 0.0283. The molecule has 0 aliphatic carbocycles. The monoisotopic (exact) mass is 476 g/mol. The zero-order valence-corrected chi connectivity index (χ0v) is 19.7. The molecule has 1 amide bonds. The van der Waals surface area contributed by atoms with Crippen molar-refractivity contribution >= 4 is 22.8 Å². The standard InChI is InChI=1S/C26H28N4O5/c1-14(2)21(29-24(32)19(27)12-15-8-10-16(31)11-9-15)25-30-22(26(33)34-3)23(35-25)18-13-28-20-7-5-4-6-17(18)20/h4-11,13-14,19,21,28,31H,12,27H2,1-3H3,(H,29,32)/t19-,21-/m0/s1. The van der Waals surface area contributed by atoms with Crippen LogP contribution in [-0.2, 0) is 16.0 Å². The quantitative estimate of drug-likeness (QED) is 0.284. The number of nitrogens with zero attached hydrogens (tertiary/aromatic N) is 1. The lowest BCUT2D eigenvalue weighted by atomic mass is 10.0. The Morgan fingerprint density at radius 1 is 1.17 bits per heavy atom. The third-order valence-electron chi connectivity index (χ3n) is 5.82. The van der Waals surface area contributed by atoms with Crippen LogP contribution in [0.5, 0.6) is 5.75 Å². The number of carbonyl (C=O) groups is 2. The van der Waals surface area contributed by atoms with Gasteiger partial charge in [0, 0.05) is 22.7 Å². The molecular weight excluding hydrogens is 448 g/mol. The van der Waals surface area contributed by atoms with Crippen molar-refractivity contribution in [3.8, 4) is 17.1 Å². The number of nitrogens with one attached hydrogen (secondary N) is 2. The maximum absolute atomic E-state index is 12.9. The number of H-pyrrole nitrogens is 1. The molecule has 2 heterocycles. The van der Waals surface area contributed by atoms with Crippen molar-refractivity contribution in [1.82, 2.24) is 15.3 Å². The number of oxazole rings is 1. The van der Waals surface area contributed by atoms with Crippen molar-refractivity contribution in [2.24, 2.45) is 11.7 Å². The molecule has 0 spiro atoms. The number of amides is 1. The maximum Gasteiger partial charge on any atom is 0.360 e. The Bertz CT molecular complexity index is 1340. The van der Waals surface area contributed by atoms with E-state index >= 15 is 0 Å². The third kappa shape index (κ3) is 5.04. The average Bonchev–Trinajstić information content (AvgIpc) is 3.47. The van der Waals surface area contributed by atoms with Crippen molar-refractivity contribution in [3.63, 3.8) is 0 Å². The summed E-state index contributed by atoms with van der Waals surface area (Å²) in [4.78, 5) is 33.1. The van der Waals surface area contributed by atoms with Gasteiger partial charge in [-0.1, -0.05) is 44.2 Å². The molecule has 0 aliphatic rings. The van der Waals surface area contributed by atoms with Gasteiger partial charge in [-0.15, -0.1) is 0 Å². The third-order valence-corrected chi connectivity index (χ3v) is 5.82. The van der Waals surface area contributed by atoms with Gasteiger partial charge in [0.2, 0.25) is 11.8 Å². The van der Waals surface area contributed by atoms with Crippen LogP contribution >= 0.6 is 0 Å². The van der Waals surface area contributed by atoms with Crippen molar-refractivity contribution in [2.45, 2.75) is 32.4 Å². The maximum atomic E-state index is 12.9. The molecule has 0 radical (unpaired) electrons. The smallest absolute Gasteiger partial charge is 0.360 e. The molecule has 9 heteroatoms. The summed E-state index contributed by atoms with van der Waals surface area (Å²) >= 11 is 0. The highest BCUT2D eigenvalue weighted by Crippen LogP contribution is 2.34. The van der Waals surface area contributed by atoms with Crippen molar-refractivity contribution in [2.75, 3.05) is 7.11 Å². The normalized spacial score (nSPS) is 13.1.